The van der Waals surface area contributed by atoms with Crippen LogP contribution in [0.3, 0.4) is 0 Å². The molecule has 8 heteroatoms. The van der Waals surface area contributed by atoms with Gasteiger partial charge in [0.1, 0.15) is 5.75 Å². The number of nitrogens with one attached hydrogen (secondary N) is 1. The van der Waals surface area contributed by atoms with Crippen LogP contribution in [0.5, 0.6) is 5.75 Å². The number of carbonyl (C=O) groups is 1. The number of hydrogen-bond acceptors (Lipinski definition) is 5. The number of aromatic nitrogens is 1. The third kappa shape index (κ3) is 4.67. The molecule has 1 N–H and O–H groups in total. The molecule has 1 atom stereocenters. The Bertz CT molecular complexity index is 691. The molecule has 0 radical (unpaired) electrons. The van der Waals surface area contributed by atoms with Gasteiger partial charge in [-0.25, -0.2) is 8.42 Å². The topological polar surface area (TPSA) is 88.6 Å². The Labute approximate surface area is 143 Å². The van der Waals surface area contributed by atoms with Crippen LogP contribution in [0.15, 0.2) is 12.3 Å². The quantitative estimate of drug-likeness (QED) is 0.832. The first-order valence-electron chi connectivity index (χ1n) is 8.08. The summed E-state index contributed by atoms with van der Waals surface area (Å²) in [6.07, 6.45) is 6.11. The van der Waals surface area contributed by atoms with E-state index in [9.17, 15) is 13.2 Å². The number of nitrogens with zero attached hydrogens (tertiary/aromatic N) is 2. The molecule has 1 saturated heterocycles. The highest BCUT2D eigenvalue weighted by Gasteiger charge is 2.29. The Morgan fingerprint density at radius 1 is 1.46 bits per heavy atom. The van der Waals surface area contributed by atoms with Gasteiger partial charge in [-0.15, -0.1) is 0 Å². The highest BCUT2D eigenvalue weighted by molar-refractivity contribution is 7.88. The summed E-state index contributed by atoms with van der Waals surface area (Å²) in [5.74, 6) is 0.188. The zero-order valence-electron chi connectivity index (χ0n) is 14.4. The number of methoxy groups -OCH3 is 1. The summed E-state index contributed by atoms with van der Waals surface area (Å²) in [6.45, 7) is 2.79. The van der Waals surface area contributed by atoms with Crippen LogP contribution in [0.4, 0.5) is 0 Å². The molecule has 1 unspecified atom stereocenters. The van der Waals surface area contributed by atoms with Crippen LogP contribution in [-0.4, -0.2) is 56.1 Å². The zero-order chi connectivity index (χ0) is 17.7. The molecule has 0 aromatic carbocycles. The largest absolute Gasteiger partial charge is 0.494 e. The number of hydrogen-bond donors (Lipinski definition) is 1. The number of carbonyl (C=O) groups excluding carboxylic acids is 1. The molecule has 7 nitrogen and oxygen atoms in total. The summed E-state index contributed by atoms with van der Waals surface area (Å²) in [6, 6.07) is 1.63. The maximum Gasteiger partial charge on any atom is 0.255 e. The molecular weight excluding hydrogens is 330 g/mol. The number of piperidine rings is 1. The van der Waals surface area contributed by atoms with Crippen molar-refractivity contribution in [2.24, 2.45) is 0 Å². The molecule has 0 saturated carbocycles. The lowest BCUT2D eigenvalue weighted by Gasteiger charge is -2.33. The van der Waals surface area contributed by atoms with Crippen molar-refractivity contribution < 1.29 is 17.9 Å². The average molecular weight is 355 g/mol. The number of rotatable bonds is 6. The molecule has 1 aromatic heterocycles. The molecular formula is C16H25N3O4S. The van der Waals surface area contributed by atoms with E-state index in [1.807, 2.05) is 6.92 Å². The predicted octanol–water partition coefficient (Wildman–Crippen LogP) is 1.33. The van der Waals surface area contributed by atoms with E-state index in [0.29, 0.717) is 30.8 Å². The van der Waals surface area contributed by atoms with Crippen LogP contribution in [0.2, 0.25) is 0 Å². The van der Waals surface area contributed by atoms with Gasteiger partial charge in [0, 0.05) is 24.8 Å². The van der Waals surface area contributed by atoms with Crippen molar-refractivity contribution in [3.63, 3.8) is 0 Å². The van der Waals surface area contributed by atoms with E-state index in [-0.39, 0.29) is 11.9 Å². The van der Waals surface area contributed by atoms with E-state index in [1.165, 1.54) is 19.6 Å². The highest BCUT2D eigenvalue weighted by atomic mass is 32.2. The Kier molecular flexibility index (Phi) is 6.17. The minimum atomic E-state index is -3.20. The normalized spacial score (nSPS) is 19.0. The number of ether oxygens (including phenoxy) is 1. The van der Waals surface area contributed by atoms with Gasteiger partial charge in [-0.05, 0) is 32.3 Å². The molecule has 0 spiro atoms. The van der Waals surface area contributed by atoms with Crippen LogP contribution in [0.25, 0.3) is 0 Å². The van der Waals surface area contributed by atoms with Gasteiger partial charge < -0.3 is 10.1 Å². The van der Waals surface area contributed by atoms with E-state index in [1.54, 1.807) is 10.4 Å². The highest BCUT2D eigenvalue weighted by Crippen LogP contribution is 2.22. The molecule has 0 bridgehead atoms. The fraction of sp³-hybridized carbons (Fsp3) is 0.625. The van der Waals surface area contributed by atoms with Crippen LogP contribution < -0.4 is 10.1 Å². The van der Waals surface area contributed by atoms with E-state index in [2.05, 4.69) is 10.3 Å². The standard InChI is InChI=1S/C16H25N3O4S/c1-12-10-14(15(23-2)11-18-12)16(20)17-8-7-13-6-4-5-9-19(13)24(3,21)22/h10-11,13H,4-9H2,1-3H3,(H,17,20). The summed E-state index contributed by atoms with van der Waals surface area (Å²) >= 11 is 0. The zero-order valence-corrected chi connectivity index (χ0v) is 15.2. The predicted molar refractivity (Wildman–Crippen MR) is 91.7 cm³/mol. The maximum absolute atomic E-state index is 12.3. The van der Waals surface area contributed by atoms with Crippen molar-refractivity contribution >= 4 is 15.9 Å². The summed E-state index contributed by atoms with van der Waals surface area (Å²) in [5, 5.41) is 2.85. The molecule has 24 heavy (non-hydrogen) atoms. The molecule has 1 aromatic rings. The number of pyridine rings is 1. The monoisotopic (exact) mass is 355 g/mol. The first kappa shape index (κ1) is 18.7. The van der Waals surface area contributed by atoms with Crippen molar-refractivity contribution in [2.75, 3.05) is 26.5 Å². The van der Waals surface area contributed by atoms with Gasteiger partial charge in [-0.1, -0.05) is 6.42 Å². The summed E-state index contributed by atoms with van der Waals surface area (Å²) in [7, 11) is -1.71. The molecule has 1 amide bonds. The van der Waals surface area contributed by atoms with Crippen molar-refractivity contribution in [1.29, 1.82) is 0 Å². The van der Waals surface area contributed by atoms with E-state index in [4.69, 9.17) is 4.74 Å². The van der Waals surface area contributed by atoms with Crippen molar-refractivity contribution in [1.82, 2.24) is 14.6 Å². The summed E-state index contributed by atoms with van der Waals surface area (Å²) in [4.78, 5) is 16.5. The third-order valence-corrected chi connectivity index (χ3v) is 5.56. The van der Waals surface area contributed by atoms with Crippen LogP contribution in [0, 0.1) is 6.92 Å². The van der Waals surface area contributed by atoms with Gasteiger partial charge in [0.15, 0.2) is 0 Å². The lowest BCUT2D eigenvalue weighted by atomic mass is 10.0. The molecule has 2 rings (SSSR count). The minimum Gasteiger partial charge on any atom is -0.494 e. The van der Waals surface area contributed by atoms with Gasteiger partial charge in [0.2, 0.25) is 10.0 Å². The minimum absolute atomic E-state index is 0.0462. The van der Waals surface area contributed by atoms with E-state index in [0.717, 1.165) is 25.0 Å². The molecule has 134 valence electrons. The van der Waals surface area contributed by atoms with Gasteiger partial charge in [0.05, 0.1) is 25.1 Å². The van der Waals surface area contributed by atoms with Crippen molar-refractivity contribution in [3.05, 3.63) is 23.5 Å². The van der Waals surface area contributed by atoms with Crippen LogP contribution in [-0.2, 0) is 10.0 Å². The smallest absolute Gasteiger partial charge is 0.255 e. The van der Waals surface area contributed by atoms with Gasteiger partial charge >= 0.3 is 0 Å². The number of amides is 1. The number of sulfonamides is 1. The molecule has 0 aliphatic carbocycles. The molecule has 1 aliphatic rings. The fourth-order valence-corrected chi connectivity index (χ4v) is 4.25. The van der Waals surface area contributed by atoms with Gasteiger partial charge in [-0.3, -0.25) is 9.78 Å². The van der Waals surface area contributed by atoms with E-state index < -0.39 is 10.0 Å². The van der Waals surface area contributed by atoms with Crippen molar-refractivity contribution in [2.45, 2.75) is 38.6 Å². The third-order valence-electron chi connectivity index (χ3n) is 4.23. The summed E-state index contributed by atoms with van der Waals surface area (Å²) in [5.41, 5.74) is 1.17. The molecule has 1 aliphatic heterocycles. The second kappa shape index (κ2) is 7.94. The van der Waals surface area contributed by atoms with Crippen molar-refractivity contribution in [3.8, 4) is 5.75 Å². The van der Waals surface area contributed by atoms with E-state index >= 15 is 0 Å². The Balaban J connectivity index is 1.96. The second-order valence-electron chi connectivity index (χ2n) is 6.09. The molecule has 1 fully saturated rings. The fourth-order valence-electron chi connectivity index (χ4n) is 3.03. The van der Waals surface area contributed by atoms with Crippen LogP contribution in [0.1, 0.15) is 41.7 Å². The first-order chi connectivity index (χ1) is 11.3. The summed E-state index contributed by atoms with van der Waals surface area (Å²) < 4.78 is 30.4. The SMILES string of the molecule is COc1cnc(C)cc1C(=O)NCCC1CCCCN1S(C)(=O)=O. The Hall–Kier alpha value is -1.67. The Morgan fingerprint density at radius 2 is 2.21 bits per heavy atom. The lowest BCUT2D eigenvalue weighted by molar-refractivity contribution is 0.0946. The van der Waals surface area contributed by atoms with Gasteiger partial charge in [0.25, 0.3) is 5.91 Å². The first-order valence-corrected chi connectivity index (χ1v) is 9.93. The number of aryl methyl sites for hydroxylation is 1. The molecule has 2 heterocycles. The lowest BCUT2D eigenvalue weighted by Crippen LogP contribution is -2.44. The van der Waals surface area contributed by atoms with Gasteiger partial charge in [-0.2, -0.15) is 4.31 Å². The average Bonchev–Trinajstić information content (AvgIpc) is 2.54. The Morgan fingerprint density at radius 3 is 2.88 bits per heavy atom. The maximum atomic E-state index is 12.3. The second-order valence-corrected chi connectivity index (χ2v) is 8.03. The van der Waals surface area contributed by atoms with Crippen LogP contribution >= 0.6 is 0 Å².